The van der Waals surface area contributed by atoms with Crippen molar-refractivity contribution in [1.29, 1.82) is 5.41 Å². The van der Waals surface area contributed by atoms with E-state index in [9.17, 15) is 9.59 Å². The van der Waals surface area contributed by atoms with Crippen molar-refractivity contribution < 1.29 is 4.79 Å². The molecular formula is C20H18N4O2S. The number of nitrogens with zero attached hydrogens (tertiary/aromatic N) is 2. The summed E-state index contributed by atoms with van der Waals surface area (Å²) in [6, 6.07) is 18.1. The Morgan fingerprint density at radius 2 is 1.78 bits per heavy atom. The van der Waals surface area contributed by atoms with Gasteiger partial charge in [-0.15, -0.1) is 0 Å². The van der Waals surface area contributed by atoms with Crippen LogP contribution in [0.2, 0.25) is 0 Å². The summed E-state index contributed by atoms with van der Waals surface area (Å²) in [5, 5.41) is 10.8. The zero-order valence-electron chi connectivity index (χ0n) is 14.7. The van der Waals surface area contributed by atoms with Crippen molar-refractivity contribution >= 4 is 29.6 Å². The summed E-state index contributed by atoms with van der Waals surface area (Å²) in [6.07, 6.45) is 0.990. The largest absolute Gasteiger partial charge is 0.372 e. The first kappa shape index (κ1) is 18.6. The number of ketones is 1. The Labute approximate surface area is 160 Å². The molecule has 0 unspecified atom stereocenters. The average molecular weight is 378 g/mol. The molecule has 0 saturated heterocycles. The number of rotatable bonds is 7. The highest BCUT2D eigenvalue weighted by atomic mass is 32.2. The SMILES string of the molecule is CNc1nc(SCC(=O)c2ccccc2)n(-c2ccccc2)c(=O)c1C=N. The molecule has 0 aliphatic carbocycles. The molecule has 0 fully saturated rings. The molecule has 7 heteroatoms. The number of nitrogens with one attached hydrogen (secondary N) is 2. The predicted octanol–water partition coefficient (Wildman–Crippen LogP) is 3.25. The molecule has 0 radical (unpaired) electrons. The van der Waals surface area contributed by atoms with E-state index in [1.165, 1.54) is 16.3 Å². The fraction of sp³-hybridized carbons (Fsp3) is 0.100. The molecule has 2 aromatic carbocycles. The molecule has 0 spiro atoms. The first-order valence-electron chi connectivity index (χ1n) is 8.27. The maximum Gasteiger partial charge on any atom is 0.269 e. The van der Waals surface area contributed by atoms with E-state index in [2.05, 4.69) is 10.3 Å². The fourth-order valence-corrected chi connectivity index (χ4v) is 3.47. The first-order valence-corrected chi connectivity index (χ1v) is 9.26. The summed E-state index contributed by atoms with van der Waals surface area (Å²) in [4.78, 5) is 29.9. The van der Waals surface area contributed by atoms with E-state index in [-0.39, 0.29) is 22.7 Å². The number of Topliss-reactive ketones (excluding diaryl/α,β-unsaturated/α-hetero) is 1. The van der Waals surface area contributed by atoms with E-state index in [0.717, 1.165) is 6.21 Å². The van der Waals surface area contributed by atoms with Gasteiger partial charge in [0, 0.05) is 18.8 Å². The number of aromatic nitrogens is 2. The molecule has 0 bridgehead atoms. The van der Waals surface area contributed by atoms with E-state index < -0.39 is 0 Å². The highest BCUT2D eigenvalue weighted by Gasteiger charge is 2.17. The minimum Gasteiger partial charge on any atom is -0.372 e. The van der Waals surface area contributed by atoms with Crippen molar-refractivity contribution in [3.63, 3.8) is 0 Å². The van der Waals surface area contributed by atoms with Gasteiger partial charge in [0.25, 0.3) is 5.56 Å². The molecule has 6 nitrogen and oxygen atoms in total. The fourth-order valence-electron chi connectivity index (χ4n) is 2.57. The molecule has 0 atom stereocenters. The van der Waals surface area contributed by atoms with Gasteiger partial charge in [-0.2, -0.15) is 0 Å². The Balaban J connectivity index is 2.03. The Morgan fingerprint density at radius 3 is 2.37 bits per heavy atom. The Bertz CT molecular complexity index is 1020. The van der Waals surface area contributed by atoms with Crippen LogP contribution < -0.4 is 10.9 Å². The lowest BCUT2D eigenvalue weighted by atomic mass is 10.2. The van der Waals surface area contributed by atoms with Crippen LogP contribution in [0.25, 0.3) is 5.69 Å². The van der Waals surface area contributed by atoms with E-state index in [1.54, 1.807) is 31.3 Å². The maximum absolute atomic E-state index is 12.9. The number of hydrogen-bond donors (Lipinski definition) is 2. The van der Waals surface area contributed by atoms with Crippen LogP contribution in [0.3, 0.4) is 0 Å². The molecular weight excluding hydrogens is 360 g/mol. The summed E-state index contributed by atoms with van der Waals surface area (Å²) < 4.78 is 1.43. The van der Waals surface area contributed by atoms with Crippen LogP contribution in [-0.4, -0.2) is 34.3 Å². The highest BCUT2D eigenvalue weighted by molar-refractivity contribution is 7.99. The number of thioether (sulfide) groups is 1. The zero-order chi connectivity index (χ0) is 19.2. The van der Waals surface area contributed by atoms with Gasteiger partial charge in [0.05, 0.1) is 11.4 Å². The molecule has 3 rings (SSSR count). The molecule has 1 heterocycles. The van der Waals surface area contributed by atoms with Crippen molar-refractivity contribution in [1.82, 2.24) is 9.55 Å². The second-order valence-corrected chi connectivity index (χ2v) is 6.55. The van der Waals surface area contributed by atoms with Gasteiger partial charge in [0.2, 0.25) is 0 Å². The Kier molecular flexibility index (Phi) is 5.83. The number of benzene rings is 2. The molecule has 0 saturated carbocycles. The molecule has 0 aliphatic rings. The van der Waals surface area contributed by atoms with Crippen LogP contribution in [0.1, 0.15) is 15.9 Å². The topological polar surface area (TPSA) is 87.8 Å². The van der Waals surface area contributed by atoms with E-state index in [0.29, 0.717) is 22.2 Å². The standard InChI is InChI=1S/C20H18N4O2S/c1-22-18-16(12-21)19(26)24(15-10-6-3-7-11-15)20(23-18)27-13-17(25)14-8-4-2-5-9-14/h2-12,21-22H,13H2,1H3. The smallest absolute Gasteiger partial charge is 0.269 e. The summed E-state index contributed by atoms with van der Waals surface area (Å²) in [5.41, 5.74) is 1.06. The minimum atomic E-state index is -0.356. The summed E-state index contributed by atoms with van der Waals surface area (Å²) in [6.45, 7) is 0. The van der Waals surface area contributed by atoms with Gasteiger partial charge in [-0.05, 0) is 12.1 Å². The quantitative estimate of drug-likeness (QED) is 0.285. The molecule has 136 valence electrons. The van der Waals surface area contributed by atoms with Gasteiger partial charge < -0.3 is 10.7 Å². The van der Waals surface area contributed by atoms with Crippen molar-refractivity contribution in [3.05, 3.63) is 82.1 Å². The minimum absolute atomic E-state index is 0.0448. The molecule has 0 aliphatic heterocycles. The van der Waals surface area contributed by atoms with Crippen molar-refractivity contribution in [2.45, 2.75) is 5.16 Å². The van der Waals surface area contributed by atoms with Crippen LogP contribution in [0.5, 0.6) is 0 Å². The summed E-state index contributed by atoms with van der Waals surface area (Å²) in [7, 11) is 1.64. The number of hydrogen-bond acceptors (Lipinski definition) is 6. The van der Waals surface area contributed by atoms with E-state index >= 15 is 0 Å². The lowest BCUT2D eigenvalue weighted by molar-refractivity contribution is 0.102. The van der Waals surface area contributed by atoms with Crippen LogP contribution in [0.4, 0.5) is 5.82 Å². The molecule has 1 aromatic heterocycles. The third-order valence-electron chi connectivity index (χ3n) is 3.91. The van der Waals surface area contributed by atoms with Gasteiger partial charge in [-0.25, -0.2) is 4.98 Å². The number of anilines is 1. The first-order chi connectivity index (χ1) is 13.2. The second-order valence-electron chi connectivity index (χ2n) is 5.60. The van der Waals surface area contributed by atoms with E-state index in [4.69, 9.17) is 5.41 Å². The van der Waals surface area contributed by atoms with Crippen LogP contribution in [0.15, 0.2) is 70.6 Å². The second kappa shape index (κ2) is 8.46. The average Bonchev–Trinajstić information content (AvgIpc) is 2.72. The van der Waals surface area contributed by atoms with Crippen molar-refractivity contribution in [3.8, 4) is 5.69 Å². The van der Waals surface area contributed by atoms with Crippen LogP contribution >= 0.6 is 11.8 Å². The monoisotopic (exact) mass is 378 g/mol. The number of carbonyl (C=O) groups is 1. The molecule has 2 N–H and O–H groups in total. The number of para-hydroxylation sites is 1. The zero-order valence-corrected chi connectivity index (χ0v) is 15.5. The van der Waals surface area contributed by atoms with Gasteiger partial charge in [0.15, 0.2) is 10.9 Å². The predicted molar refractivity (Wildman–Crippen MR) is 109 cm³/mol. The third kappa shape index (κ3) is 3.98. The molecule has 0 amide bonds. The summed E-state index contributed by atoms with van der Waals surface area (Å²) in [5.74, 6) is 0.421. The van der Waals surface area contributed by atoms with Crippen molar-refractivity contribution in [2.75, 3.05) is 18.1 Å². The van der Waals surface area contributed by atoms with Crippen molar-refractivity contribution in [2.24, 2.45) is 0 Å². The Hall–Kier alpha value is -3.19. The van der Waals surface area contributed by atoms with Gasteiger partial charge in [-0.1, -0.05) is 60.3 Å². The maximum atomic E-state index is 12.9. The van der Waals surface area contributed by atoms with Crippen LogP contribution in [-0.2, 0) is 0 Å². The summed E-state index contributed by atoms with van der Waals surface area (Å²) >= 11 is 1.19. The van der Waals surface area contributed by atoms with Gasteiger partial charge in [-0.3, -0.25) is 14.2 Å². The van der Waals surface area contributed by atoms with Gasteiger partial charge >= 0.3 is 0 Å². The molecule has 27 heavy (non-hydrogen) atoms. The van der Waals surface area contributed by atoms with E-state index in [1.807, 2.05) is 36.4 Å². The number of carbonyl (C=O) groups excluding carboxylic acids is 1. The lowest BCUT2D eigenvalue weighted by Crippen LogP contribution is -2.27. The Morgan fingerprint density at radius 1 is 1.15 bits per heavy atom. The normalized spacial score (nSPS) is 10.4. The third-order valence-corrected chi connectivity index (χ3v) is 4.85. The highest BCUT2D eigenvalue weighted by Crippen LogP contribution is 2.22. The van der Waals surface area contributed by atoms with Crippen LogP contribution in [0, 0.1) is 5.41 Å². The lowest BCUT2D eigenvalue weighted by Gasteiger charge is -2.15. The molecule has 3 aromatic rings. The van der Waals surface area contributed by atoms with Gasteiger partial charge in [0.1, 0.15) is 11.4 Å².